The van der Waals surface area contributed by atoms with Gasteiger partial charge < -0.3 is 10.0 Å². The highest BCUT2D eigenvalue weighted by molar-refractivity contribution is 7.99. The summed E-state index contributed by atoms with van der Waals surface area (Å²) in [6, 6.07) is 0. The van der Waals surface area contributed by atoms with Crippen LogP contribution >= 0.6 is 11.8 Å². The molecule has 14 heavy (non-hydrogen) atoms. The van der Waals surface area contributed by atoms with Gasteiger partial charge >= 0.3 is 0 Å². The van der Waals surface area contributed by atoms with Crippen molar-refractivity contribution in [2.45, 2.75) is 33.3 Å². The summed E-state index contributed by atoms with van der Waals surface area (Å²) in [6.45, 7) is 9.99. The van der Waals surface area contributed by atoms with Gasteiger partial charge in [-0.1, -0.05) is 13.8 Å². The van der Waals surface area contributed by atoms with Crippen molar-refractivity contribution in [3.8, 4) is 0 Å². The van der Waals surface area contributed by atoms with Gasteiger partial charge in [-0.25, -0.2) is 0 Å². The van der Waals surface area contributed by atoms with Crippen molar-refractivity contribution in [3.63, 3.8) is 0 Å². The molecule has 0 radical (unpaired) electrons. The number of likely N-dealkylation sites (N-methyl/N-ethyl adjacent to an activating group) is 1. The van der Waals surface area contributed by atoms with Crippen LogP contribution in [-0.4, -0.2) is 47.3 Å². The van der Waals surface area contributed by atoms with Crippen LogP contribution in [0.15, 0.2) is 0 Å². The maximum Gasteiger partial charge on any atom is 0.0718 e. The van der Waals surface area contributed by atoms with E-state index < -0.39 is 5.60 Å². The summed E-state index contributed by atoms with van der Waals surface area (Å²) < 4.78 is 0. The van der Waals surface area contributed by atoms with E-state index in [0.717, 1.165) is 24.8 Å². The van der Waals surface area contributed by atoms with Crippen LogP contribution in [0, 0.1) is 5.92 Å². The zero-order chi connectivity index (χ0) is 11.2. The summed E-state index contributed by atoms with van der Waals surface area (Å²) in [5, 5.41) is 9.58. The number of hydrogen-bond acceptors (Lipinski definition) is 3. The first kappa shape index (κ1) is 14.3. The van der Waals surface area contributed by atoms with E-state index in [1.165, 1.54) is 5.75 Å². The van der Waals surface area contributed by atoms with Crippen molar-refractivity contribution < 1.29 is 5.11 Å². The largest absolute Gasteiger partial charge is 0.389 e. The predicted molar refractivity (Wildman–Crippen MR) is 66.0 cm³/mol. The van der Waals surface area contributed by atoms with Gasteiger partial charge in [-0.05, 0) is 32.6 Å². The van der Waals surface area contributed by atoms with Crippen LogP contribution in [-0.2, 0) is 0 Å². The van der Waals surface area contributed by atoms with Gasteiger partial charge in [0, 0.05) is 18.8 Å². The molecule has 86 valence electrons. The minimum absolute atomic E-state index is 0.572. The number of aliphatic hydroxyl groups is 1. The van der Waals surface area contributed by atoms with Gasteiger partial charge in [0.05, 0.1) is 5.60 Å². The first-order chi connectivity index (χ1) is 6.31. The zero-order valence-corrected chi connectivity index (χ0v) is 11.0. The van der Waals surface area contributed by atoms with Crippen LogP contribution in [0.1, 0.15) is 27.7 Å². The Labute approximate surface area is 93.1 Å². The molecule has 0 unspecified atom stereocenters. The van der Waals surface area contributed by atoms with Crippen molar-refractivity contribution in [2.75, 3.05) is 31.6 Å². The summed E-state index contributed by atoms with van der Waals surface area (Å²) in [7, 11) is 2.06. The second kappa shape index (κ2) is 6.70. The van der Waals surface area contributed by atoms with Crippen LogP contribution in [0.3, 0.4) is 0 Å². The fraction of sp³-hybridized carbons (Fsp3) is 1.00. The van der Waals surface area contributed by atoms with Crippen LogP contribution < -0.4 is 0 Å². The average molecular weight is 219 g/mol. The molecule has 0 saturated heterocycles. The quantitative estimate of drug-likeness (QED) is 0.663. The Morgan fingerprint density at radius 1 is 1.36 bits per heavy atom. The third-order valence-electron chi connectivity index (χ3n) is 1.73. The smallest absolute Gasteiger partial charge is 0.0718 e. The Morgan fingerprint density at radius 2 is 1.93 bits per heavy atom. The molecule has 0 saturated carbocycles. The molecule has 0 aromatic rings. The molecule has 0 rings (SSSR count). The Hall–Kier alpha value is 0.270. The Bertz CT molecular complexity index is 143. The minimum Gasteiger partial charge on any atom is -0.389 e. The van der Waals surface area contributed by atoms with Crippen LogP contribution in [0.5, 0.6) is 0 Å². The number of thioether (sulfide) groups is 1. The lowest BCUT2D eigenvalue weighted by Crippen LogP contribution is -2.37. The number of rotatable bonds is 7. The van der Waals surface area contributed by atoms with Gasteiger partial charge in [-0.2, -0.15) is 11.8 Å². The van der Waals surface area contributed by atoms with Crippen LogP contribution in [0.4, 0.5) is 0 Å². The van der Waals surface area contributed by atoms with Crippen molar-refractivity contribution in [3.05, 3.63) is 0 Å². The van der Waals surface area contributed by atoms with Crippen molar-refractivity contribution >= 4 is 11.8 Å². The second-order valence-corrected chi connectivity index (χ2v) is 6.17. The van der Waals surface area contributed by atoms with Gasteiger partial charge in [0.2, 0.25) is 0 Å². The molecule has 0 aliphatic rings. The molecule has 0 spiro atoms. The third-order valence-corrected chi connectivity index (χ3v) is 3.10. The number of nitrogens with zero attached hydrogens (tertiary/aromatic N) is 1. The standard InChI is InChI=1S/C11H25NOS/c1-10(2)8-14-7-6-12(5)9-11(3,4)13/h10,13H,6-9H2,1-5H3. The molecule has 0 fully saturated rings. The van der Waals surface area contributed by atoms with Gasteiger partial charge in [-0.3, -0.25) is 0 Å². The van der Waals surface area contributed by atoms with E-state index >= 15 is 0 Å². The molecular weight excluding hydrogens is 194 g/mol. The summed E-state index contributed by atoms with van der Waals surface area (Å²) in [5.41, 5.74) is -0.572. The number of hydrogen-bond donors (Lipinski definition) is 1. The molecule has 0 heterocycles. The molecule has 0 aromatic heterocycles. The third kappa shape index (κ3) is 10.4. The molecule has 0 aliphatic heterocycles. The van der Waals surface area contributed by atoms with E-state index in [0.29, 0.717) is 0 Å². The monoisotopic (exact) mass is 219 g/mol. The maximum atomic E-state index is 9.58. The Kier molecular flexibility index (Phi) is 6.83. The maximum absolute atomic E-state index is 9.58. The van der Waals surface area contributed by atoms with E-state index in [-0.39, 0.29) is 0 Å². The second-order valence-electron chi connectivity index (χ2n) is 5.02. The molecule has 0 atom stereocenters. The van der Waals surface area contributed by atoms with Gasteiger partial charge in [0.25, 0.3) is 0 Å². The summed E-state index contributed by atoms with van der Waals surface area (Å²) in [5.74, 6) is 3.17. The predicted octanol–water partition coefficient (Wildman–Crippen LogP) is 2.08. The van der Waals surface area contributed by atoms with E-state index in [1.54, 1.807) is 0 Å². The van der Waals surface area contributed by atoms with Crippen LogP contribution in [0.25, 0.3) is 0 Å². The molecule has 3 heteroatoms. The van der Waals surface area contributed by atoms with Crippen molar-refractivity contribution in [1.82, 2.24) is 4.90 Å². The van der Waals surface area contributed by atoms with Gasteiger partial charge in [0.15, 0.2) is 0 Å². The van der Waals surface area contributed by atoms with Crippen molar-refractivity contribution in [1.29, 1.82) is 0 Å². The van der Waals surface area contributed by atoms with E-state index in [9.17, 15) is 5.11 Å². The zero-order valence-electron chi connectivity index (χ0n) is 10.2. The fourth-order valence-electron chi connectivity index (χ4n) is 1.28. The Morgan fingerprint density at radius 3 is 2.36 bits per heavy atom. The topological polar surface area (TPSA) is 23.5 Å². The van der Waals surface area contributed by atoms with Crippen LogP contribution in [0.2, 0.25) is 0 Å². The van der Waals surface area contributed by atoms with E-state index in [4.69, 9.17) is 0 Å². The minimum atomic E-state index is -0.572. The lowest BCUT2D eigenvalue weighted by molar-refractivity contribution is 0.0465. The molecule has 2 nitrogen and oxygen atoms in total. The Balaban J connectivity index is 3.40. The first-order valence-electron chi connectivity index (χ1n) is 5.30. The summed E-state index contributed by atoms with van der Waals surface area (Å²) in [6.07, 6.45) is 0. The lowest BCUT2D eigenvalue weighted by Gasteiger charge is -2.25. The molecular formula is C11H25NOS. The van der Waals surface area contributed by atoms with Gasteiger partial charge in [-0.15, -0.1) is 0 Å². The molecule has 0 bridgehead atoms. The first-order valence-corrected chi connectivity index (χ1v) is 6.45. The van der Waals surface area contributed by atoms with E-state index in [2.05, 4.69) is 25.8 Å². The summed E-state index contributed by atoms with van der Waals surface area (Å²) >= 11 is 1.99. The fourth-order valence-corrected chi connectivity index (χ4v) is 2.36. The summed E-state index contributed by atoms with van der Waals surface area (Å²) in [4.78, 5) is 2.19. The highest BCUT2D eigenvalue weighted by Gasteiger charge is 2.14. The average Bonchev–Trinajstić information content (AvgIpc) is 1.94. The van der Waals surface area contributed by atoms with Crippen molar-refractivity contribution in [2.24, 2.45) is 5.92 Å². The molecule has 0 amide bonds. The molecule has 0 aliphatic carbocycles. The SMILES string of the molecule is CC(C)CSCCN(C)CC(C)(C)O. The normalized spacial score (nSPS) is 12.9. The lowest BCUT2D eigenvalue weighted by atomic mass is 10.1. The molecule has 1 N–H and O–H groups in total. The van der Waals surface area contributed by atoms with Gasteiger partial charge in [0.1, 0.15) is 0 Å². The van der Waals surface area contributed by atoms with E-state index in [1.807, 2.05) is 25.6 Å². The highest BCUT2D eigenvalue weighted by Crippen LogP contribution is 2.08. The molecule has 0 aromatic carbocycles. The highest BCUT2D eigenvalue weighted by atomic mass is 32.2.